The van der Waals surface area contributed by atoms with E-state index in [1.807, 2.05) is 12.1 Å². The lowest BCUT2D eigenvalue weighted by atomic mass is 10.1. The summed E-state index contributed by atoms with van der Waals surface area (Å²) in [6.07, 6.45) is 1.14. The van der Waals surface area contributed by atoms with Gasteiger partial charge in [0.15, 0.2) is 6.29 Å². The zero-order chi connectivity index (χ0) is 12.8. The van der Waals surface area contributed by atoms with Gasteiger partial charge in [0.05, 0.1) is 5.97 Å². The highest BCUT2D eigenvalue weighted by Gasteiger charge is 2.07. The second-order valence-corrected chi connectivity index (χ2v) is 3.58. The van der Waals surface area contributed by atoms with Gasteiger partial charge in [0, 0.05) is 19.8 Å². The van der Waals surface area contributed by atoms with Crippen LogP contribution in [0.3, 0.4) is 0 Å². The van der Waals surface area contributed by atoms with Gasteiger partial charge in [-0.15, -0.1) is 0 Å². The third-order valence-electron chi connectivity index (χ3n) is 2.34. The highest BCUT2D eigenvalue weighted by molar-refractivity contribution is 5.89. The van der Waals surface area contributed by atoms with Crippen LogP contribution in [0.2, 0.25) is 0 Å². The Morgan fingerprint density at radius 3 is 2.18 bits per heavy atom. The van der Waals surface area contributed by atoms with Crippen LogP contribution in [0, 0.1) is 0 Å². The highest BCUT2D eigenvalue weighted by Crippen LogP contribution is 2.18. The van der Waals surface area contributed by atoms with Gasteiger partial charge in [-0.25, -0.2) is 0 Å². The molecule has 0 radical (unpaired) electrons. The molecular weight excluding hydrogens is 220 g/mol. The van der Waals surface area contributed by atoms with Crippen LogP contribution in [0.4, 0.5) is 0 Å². The first kappa shape index (κ1) is 13.4. The van der Waals surface area contributed by atoms with Crippen molar-refractivity contribution >= 4 is 12.0 Å². The predicted molar refractivity (Wildman–Crippen MR) is 61.9 cm³/mol. The number of rotatable bonds is 5. The number of carbonyl (C=O) groups is 1. The molecule has 0 amide bonds. The van der Waals surface area contributed by atoms with Crippen LogP contribution in [0.15, 0.2) is 29.8 Å². The quantitative estimate of drug-likeness (QED) is 0.567. The summed E-state index contributed by atoms with van der Waals surface area (Å²) in [5.41, 5.74) is 1.85. The van der Waals surface area contributed by atoms with Crippen molar-refractivity contribution in [2.45, 2.75) is 13.2 Å². The van der Waals surface area contributed by atoms with Gasteiger partial charge in [-0.05, 0) is 18.1 Å². The molecule has 0 bridgehead atoms. The van der Waals surface area contributed by atoms with Crippen LogP contribution in [-0.4, -0.2) is 20.2 Å². The van der Waals surface area contributed by atoms with E-state index in [2.05, 4.69) is 0 Å². The van der Waals surface area contributed by atoms with Gasteiger partial charge in [-0.3, -0.25) is 0 Å². The van der Waals surface area contributed by atoms with Crippen molar-refractivity contribution in [3.63, 3.8) is 0 Å². The molecule has 0 aliphatic rings. The van der Waals surface area contributed by atoms with Crippen molar-refractivity contribution in [2.75, 3.05) is 14.2 Å². The van der Waals surface area contributed by atoms with Crippen LogP contribution in [-0.2, 0) is 14.3 Å². The second kappa shape index (κ2) is 6.18. The maximum atomic E-state index is 10.6. The first-order chi connectivity index (χ1) is 8.08. The van der Waals surface area contributed by atoms with Gasteiger partial charge < -0.3 is 19.4 Å². The number of methoxy groups -OCH3 is 2. The lowest BCUT2D eigenvalue weighted by Crippen LogP contribution is -2.22. The summed E-state index contributed by atoms with van der Waals surface area (Å²) in [6.45, 7) is 1.50. The molecular formula is C13H15O4-. The fourth-order valence-corrected chi connectivity index (χ4v) is 1.43. The number of aliphatic carboxylic acids is 1. The number of carbonyl (C=O) groups excluding carboxylic acids is 1. The van der Waals surface area contributed by atoms with E-state index in [4.69, 9.17) is 9.47 Å². The van der Waals surface area contributed by atoms with E-state index < -0.39 is 12.3 Å². The Hall–Kier alpha value is -1.65. The molecule has 0 atom stereocenters. The van der Waals surface area contributed by atoms with Gasteiger partial charge in [0.2, 0.25) is 0 Å². The van der Waals surface area contributed by atoms with Crippen LogP contribution < -0.4 is 5.11 Å². The van der Waals surface area contributed by atoms with E-state index in [-0.39, 0.29) is 5.57 Å². The summed E-state index contributed by atoms with van der Waals surface area (Å²) in [4.78, 5) is 10.6. The third-order valence-corrected chi connectivity index (χ3v) is 2.34. The monoisotopic (exact) mass is 235 g/mol. The third kappa shape index (κ3) is 3.69. The van der Waals surface area contributed by atoms with E-state index in [0.717, 1.165) is 11.1 Å². The van der Waals surface area contributed by atoms with Gasteiger partial charge in [0.1, 0.15) is 0 Å². The minimum atomic E-state index is -1.17. The summed E-state index contributed by atoms with van der Waals surface area (Å²) in [5, 5.41) is 10.6. The predicted octanol–water partition coefficient (Wildman–Crippen LogP) is 1.13. The molecule has 0 saturated carbocycles. The molecule has 0 aliphatic heterocycles. The van der Waals surface area contributed by atoms with Crippen molar-refractivity contribution in [1.29, 1.82) is 0 Å². The number of hydrogen-bond donors (Lipinski definition) is 0. The fraction of sp³-hybridized carbons (Fsp3) is 0.308. The highest BCUT2D eigenvalue weighted by atomic mass is 16.7. The van der Waals surface area contributed by atoms with E-state index in [1.54, 1.807) is 32.4 Å². The molecule has 4 nitrogen and oxygen atoms in total. The molecule has 0 spiro atoms. The Kier molecular flexibility index (Phi) is 4.87. The molecule has 92 valence electrons. The van der Waals surface area contributed by atoms with Crippen molar-refractivity contribution in [1.82, 2.24) is 0 Å². The number of hydrogen-bond acceptors (Lipinski definition) is 4. The largest absolute Gasteiger partial charge is 0.545 e. The van der Waals surface area contributed by atoms with Gasteiger partial charge in [-0.2, -0.15) is 0 Å². The van der Waals surface area contributed by atoms with Crippen LogP contribution in [0.5, 0.6) is 0 Å². The van der Waals surface area contributed by atoms with Gasteiger partial charge in [-0.1, -0.05) is 30.3 Å². The van der Waals surface area contributed by atoms with Gasteiger partial charge in [0.25, 0.3) is 0 Å². The molecule has 17 heavy (non-hydrogen) atoms. The summed E-state index contributed by atoms with van der Waals surface area (Å²) in [5.74, 6) is -1.17. The molecule has 1 rings (SSSR count). The maximum absolute atomic E-state index is 10.6. The first-order valence-electron chi connectivity index (χ1n) is 5.13. The standard InChI is InChI=1S/C13H16O4/c1-9(12(14)15)8-10-4-6-11(7-5-10)13(16-2)17-3/h4-8,13H,1-3H3,(H,14,15)/p-1/b9-8+. The van der Waals surface area contributed by atoms with Crippen molar-refractivity contribution < 1.29 is 19.4 Å². The van der Waals surface area contributed by atoms with E-state index in [0.29, 0.717) is 0 Å². The molecule has 0 saturated heterocycles. The summed E-state index contributed by atoms with van der Waals surface area (Å²) in [6, 6.07) is 7.25. The average Bonchev–Trinajstić information content (AvgIpc) is 2.32. The number of carboxylic acids is 1. The Balaban J connectivity index is 2.88. The molecule has 4 heteroatoms. The molecule has 1 aromatic rings. The molecule has 0 heterocycles. The Labute approximate surface area is 100 Å². The number of ether oxygens (including phenoxy) is 2. The number of carboxylic acid groups (broad SMARTS) is 1. The minimum absolute atomic E-state index is 0.188. The fourth-order valence-electron chi connectivity index (χ4n) is 1.43. The van der Waals surface area contributed by atoms with E-state index >= 15 is 0 Å². The zero-order valence-electron chi connectivity index (χ0n) is 10.1. The second-order valence-electron chi connectivity index (χ2n) is 3.58. The Bertz CT molecular complexity index is 402. The minimum Gasteiger partial charge on any atom is -0.545 e. The van der Waals surface area contributed by atoms with E-state index in [9.17, 15) is 9.90 Å². The maximum Gasteiger partial charge on any atom is 0.183 e. The number of benzene rings is 1. The van der Waals surface area contributed by atoms with Crippen LogP contribution >= 0.6 is 0 Å². The topological polar surface area (TPSA) is 58.6 Å². The van der Waals surface area contributed by atoms with E-state index in [1.165, 1.54) is 6.92 Å². The van der Waals surface area contributed by atoms with Crippen molar-refractivity contribution in [3.05, 3.63) is 41.0 Å². The zero-order valence-corrected chi connectivity index (χ0v) is 10.1. The first-order valence-corrected chi connectivity index (χ1v) is 5.13. The smallest absolute Gasteiger partial charge is 0.183 e. The lowest BCUT2D eigenvalue weighted by molar-refractivity contribution is -0.299. The summed E-state index contributed by atoms with van der Waals surface area (Å²) in [7, 11) is 3.12. The summed E-state index contributed by atoms with van der Waals surface area (Å²) >= 11 is 0. The van der Waals surface area contributed by atoms with Crippen LogP contribution in [0.25, 0.3) is 6.08 Å². The normalized spacial score (nSPS) is 11.9. The van der Waals surface area contributed by atoms with Crippen molar-refractivity contribution in [3.8, 4) is 0 Å². The molecule has 0 unspecified atom stereocenters. The SMILES string of the molecule is COC(OC)c1ccc(/C=C(\C)C(=O)[O-])cc1. The van der Waals surface area contributed by atoms with Gasteiger partial charge >= 0.3 is 0 Å². The molecule has 1 aromatic carbocycles. The molecule has 0 aromatic heterocycles. The molecule has 0 N–H and O–H groups in total. The average molecular weight is 235 g/mol. The molecule has 0 aliphatic carbocycles. The lowest BCUT2D eigenvalue weighted by Gasteiger charge is -2.13. The Morgan fingerprint density at radius 1 is 1.24 bits per heavy atom. The van der Waals surface area contributed by atoms with Crippen molar-refractivity contribution in [2.24, 2.45) is 0 Å². The van der Waals surface area contributed by atoms with Crippen LogP contribution in [0.1, 0.15) is 24.3 Å². The summed E-state index contributed by atoms with van der Waals surface area (Å²) < 4.78 is 10.2. The molecule has 0 fully saturated rings. The Morgan fingerprint density at radius 2 is 1.76 bits per heavy atom.